The van der Waals surface area contributed by atoms with E-state index in [1.54, 1.807) is 4.57 Å². The Kier molecular flexibility index (Phi) is 4.33. The van der Waals surface area contributed by atoms with E-state index in [1.165, 1.54) is 6.07 Å². The SMILES string of the molecule is Cc1cc(C)c(C)c(-c2c(F)cc(-c3nc(C)nc(C)n3)c[n+]2C)c1. The lowest BCUT2D eigenvalue weighted by atomic mass is 9.97. The highest BCUT2D eigenvalue weighted by atomic mass is 19.1. The lowest BCUT2D eigenvalue weighted by Crippen LogP contribution is -2.32. The maximum atomic E-state index is 15.0. The van der Waals surface area contributed by atoms with Gasteiger partial charge in [-0.05, 0) is 57.9 Å². The van der Waals surface area contributed by atoms with Crippen LogP contribution in [0.3, 0.4) is 0 Å². The van der Waals surface area contributed by atoms with Gasteiger partial charge in [0.25, 0.3) is 0 Å². The second-order valence-corrected chi connectivity index (χ2v) is 6.54. The van der Waals surface area contributed by atoms with Crippen molar-refractivity contribution >= 4 is 0 Å². The fourth-order valence-electron chi connectivity index (χ4n) is 3.16. The van der Waals surface area contributed by atoms with Crippen LogP contribution in [0.4, 0.5) is 4.39 Å². The van der Waals surface area contributed by atoms with Crippen LogP contribution in [0.2, 0.25) is 0 Å². The van der Waals surface area contributed by atoms with Crippen molar-refractivity contribution in [3.63, 3.8) is 0 Å². The molecule has 0 atom stereocenters. The van der Waals surface area contributed by atoms with Gasteiger partial charge < -0.3 is 0 Å². The third-order valence-corrected chi connectivity index (χ3v) is 4.38. The van der Waals surface area contributed by atoms with Gasteiger partial charge in [0.2, 0.25) is 5.69 Å². The van der Waals surface area contributed by atoms with Crippen LogP contribution in [0, 0.1) is 40.4 Å². The molecule has 0 fully saturated rings. The first-order valence-corrected chi connectivity index (χ1v) is 8.23. The van der Waals surface area contributed by atoms with Crippen molar-refractivity contribution in [3.05, 3.63) is 58.6 Å². The van der Waals surface area contributed by atoms with E-state index in [9.17, 15) is 0 Å². The number of aryl methyl sites for hydroxylation is 5. The molecule has 2 heterocycles. The Labute approximate surface area is 147 Å². The number of rotatable bonds is 2. The van der Waals surface area contributed by atoms with Crippen molar-refractivity contribution in [1.29, 1.82) is 0 Å². The Morgan fingerprint density at radius 2 is 1.52 bits per heavy atom. The van der Waals surface area contributed by atoms with E-state index in [1.807, 2.05) is 47.0 Å². The predicted molar refractivity (Wildman–Crippen MR) is 95.5 cm³/mol. The minimum absolute atomic E-state index is 0.288. The molecule has 0 saturated heterocycles. The number of hydrogen-bond donors (Lipinski definition) is 0. The first-order chi connectivity index (χ1) is 11.8. The lowest BCUT2D eigenvalue weighted by Gasteiger charge is -2.11. The number of hydrogen-bond acceptors (Lipinski definition) is 3. The molecule has 0 saturated carbocycles. The second kappa shape index (κ2) is 6.31. The molecule has 2 aromatic heterocycles. The number of benzene rings is 1. The molecule has 128 valence electrons. The number of pyridine rings is 1. The van der Waals surface area contributed by atoms with Crippen molar-refractivity contribution in [2.75, 3.05) is 0 Å². The summed E-state index contributed by atoms with van der Waals surface area (Å²) >= 11 is 0. The summed E-state index contributed by atoms with van der Waals surface area (Å²) < 4.78 is 16.8. The van der Waals surface area contributed by atoms with E-state index < -0.39 is 0 Å². The Hall–Kier alpha value is -2.69. The topological polar surface area (TPSA) is 42.6 Å². The summed E-state index contributed by atoms with van der Waals surface area (Å²) in [7, 11) is 1.85. The fourth-order valence-corrected chi connectivity index (χ4v) is 3.16. The van der Waals surface area contributed by atoms with Gasteiger partial charge in [-0.1, -0.05) is 11.6 Å². The van der Waals surface area contributed by atoms with Gasteiger partial charge in [-0.15, -0.1) is 0 Å². The van der Waals surface area contributed by atoms with Crippen molar-refractivity contribution in [2.24, 2.45) is 7.05 Å². The molecule has 0 radical (unpaired) electrons. The molecule has 0 amide bonds. The summed E-state index contributed by atoms with van der Waals surface area (Å²) in [5.41, 5.74) is 5.47. The lowest BCUT2D eigenvalue weighted by molar-refractivity contribution is -0.661. The third-order valence-electron chi connectivity index (χ3n) is 4.38. The molecule has 0 bridgehead atoms. The molecule has 0 spiro atoms. The van der Waals surface area contributed by atoms with Crippen LogP contribution in [-0.2, 0) is 7.05 Å². The number of nitrogens with zero attached hydrogens (tertiary/aromatic N) is 4. The summed E-state index contributed by atoms with van der Waals surface area (Å²) in [4.78, 5) is 12.8. The molecular formula is C20H22FN4+. The van der Waals surface area contributed by atoms with Gasteiger partial charge in [0.05, 0.1) is 11.1 Å². The molecule has 25 heavy (non-hydrogen) atoms. The normalized spacial score (nSPS) is 11.0. The standard InChI is InChI=1S/C20H22FN4/c1-11-7-12(2)13(3)17(8-11)19-18(21)9-16(10-25(19)6)20-23-14(4)22-15(5)24-20/h7-10H,1-6H3/q+1. The Bertz CT molecular complexity index is 936. The van der Waals surface area contributed by atoms with Crippen LogP contribution in [0.1, 0.15) is 28.3 Å². The summed E-state index contributed by atoms with van der Waals surface area (Å²) in [6.45, 7) is 9.72. The Balaban J connectivity index is 2.20. The van der Waals surface area contributed by atoms with Crippen LogP contribution >= 0.6 is 0 Å². The van der Waals surface area contributed by atoms with E-state index in [-0.39, 0.29) is 5.82 Å². The monoisotopic (exact) mass is 337 g/mol. The minimum atomic E-state index is -0.288. The molecule has 5 heteroatoms. The van der Waals surface area contributed by atoms with Gasteiger partial charge in [0.15, 0.2) is 17.8 Å². The average molecular weight is 337 g/mol. The largest absolute Gasteiger partial charge is 0.248 e. The zero-order valence-electron chi connectivity index (χ0n) is 15.5. The molecule has 3 rings (SSSR count). The zero-order valence-corrected chi connectivity index (χ0v) is 15.5. The highest BCUT2D eigenvalue weighted by Crippen LogP contribution is 2.28. The minimum Gasteiger partial charge on any atom is -0.219 e. The van der Waals surface area contributed by atoms with Gasteiger partial charge in [-0.25, -0.2) is 15.0 Å². The smallest absolute Gasteiger partial charge is 0.219 e. The van der Waals surface area contributed by atoms with Crippen molar-refractivity contribution in [1.82, 2.24) is 15.0 Å². The Morgan fingerprint density at radius 1 is 0.880 bits per heavy atom. The van der Waals surface area contributed by atoms with Crippen LogP contribution < -0.4 is 4.57 Å². The molecule has 3 aromatic rings. The Morgan fingerprint density at radius 3 is 2.12 bits per heavy atom. The van der Waals surface area contributed by atoms with Gasteiger partial charge in [-0.3, -0.25) is 0 Å². The van der Waals surface area contributed by atoms with Gasteiger partial charge in [0, 0.05) is 0 Å². The van der Waals surface area contributed by atoms with Crippen LogP contribution in [0.5, 0.6) is 0 Å². The highest BCUT2D eigenvalue weighted by molar-refractivity contribution is 5.66. The molecular weight excluding hydrogens is 315 g/mol. The van der Waals surface area contributed by atoms with E-state index in [0.29, 0.717) is 28.7 Å². The molecule has 0 unspecified atom stereocenters. The maximum absolute atomic E-state index is 15.0. The summed E-state index contributed by atoms with van der Waals surface area (Å²) in [5, 5.41) is 0. The number of halogens is 1. The fraction of sp³-hybridized carbons (Fsp3) is 0.300. The van der Waals surface area contributed by atoms with E-state index in [2.05, 4.69) is 27.9 Å². The molecule has 0 aliphatic heterocycles. The molecule has 4 nitrogen and oxygen atoms in total. The molecule has 1 aromatic carbocycles. The first kappa shape index (κ1) is 17.1. The predicted octanol–water partition coefficient (Wildman–Crippen LogP) is 3.71. The summed E-state index contributed by atoms with van der Waals surface area (Å²) in [5.74, 6) is 1.45. The van der Waals surface area contributed by atoms with Crippen LogP contribution in [-0.4, -0.2) is 15.0 Å². The van der Waals surface area contributed by atoms with Crippen molar-refractivity contribution in [2.45, 2.75) is 34.6 Å². The highest BCUT2D eigenvalue weighted by Gasteiger charge is 2.22. The van der Waals surface area contributed by atoms with Crippen molar-refractivity contribution in [3.8, 4) is 22.6 Å². The zero-order chi connectivity index (χ0) is 18.3. The summed E-state index contributed by atoms with van der Waals surface area (Å²) in [6.07, 6.45) is 1.86. The van der Waals surface area contributed by atoms with Gasteiger partial charge in [-0.2, -0.15) is 8.96 Å². The molecule has 0 aliphatic carbocycles. The summed E-state index contributed by atoms with van der Waals surface area (Å²) in [6, 6.07) is 5.64. The molecule has 0 N–H and O–H groups in total. The van der Waals surface area contributed by atoms with E-state index >= 15 is 4.39 Å². The quantitative estimate of drug-likeness (QED) is 0.670. The van der Waals surface area contributed by atoms with Gasteiger partial charge >= 0.3 is 0 Å². The van der Waals surface area contributed by atoms with Crippen LogP contribution in [0.25, 0.3) is 22.6 Å². The second-order valence-electron chi connectivity index (χ2n) is 6.54. The van der Waals surface area contributed by atoms with E-state index in [4.69, 9.17) is 0 Å². The molecule has 0 aliphatic rings. The maximum Gasteiger partial charge on any atom is 0.248 e. The number of aromatic nitrogens is 4. The first-order valence-electron chi connectivity index (χ1n) is 8.23. The van der Waals surface area contributed by atoms with Crippen LogP contribution in [0.15, 0.2) is 24.4 Å². The van der Waals surface area contributed by atoms with Crippen molar-refractivity contribution < 1.29 is 8.96 Å². The third kappa shape index (κ3) is 3.27. The van der Waals surface area contributed by atoms with Gasteiger partial charge in [0.1, 0.15) is 18.7 Å². The van der Waals surface area contributed by atoms with E-state index in [0.717, 1.165) is 22.3 Å². The average Bonchev–Trinajstić information content (AvgIpc) is 2.50.